The highest BCUT2D eigenvalue weighted by Gasteiger charge is 2.39. The maximum Gasteiger partial charge on any atom is 0.326 e. The summed E-state index contributed by atoms with van der Waals surface area (Å²) in [4.78, 5) is 26.0. The number of sulfonamides is 1. The fraction of sp³-hybridized carbons (Fsp3) is 0.619. The van der Waals surface area contributed by atoms with Crippen LogP contribution in [-0.4, -0.2) is 60.3 Å². The van der Waals surface area contributed by atoms with E-state index >= 15 is 0 Å². The average molecular weight is 421 g/mol. The maximum absolute atomic E-state index is 13.1. The van der Waals surface area contributed by atoms with Gasteiger partial charge < -0.3 is 10.0 Å². The minimum absolute atomic E-state index is 0.138. The number of likely N-dealkylation sites (tertiary alicyclic amines) is 1. The number of carbonyl (C=O) groups excluding carboxylic acids is 1. The van der Waals surface area contributed by atoms with E-state index in [2.05, 4.69) is 0 Å². The van der Waals surface area contributed by atoms with E-state index in [9.17, 15) is 23.1 Å². The summed E-state index contributed by atoms with van der Waals surface area (Å²) in [5, 5.41) is 9.31. The molecule has 1 unspecified atom stereocenters. The largest absolute Gasteiger partial charge is 0.480 e. The van der Waals surface area contributed by atoms with Gasteiger partial charge in [0.15, 0.2) is 0 Å². The summed E-state index contributed by atoms with van der Waals surface area (Å²) < 4.78 is 27.7. The highest BCUT2D eigenvalue weighted by atomic mass is 32.2. The van der Waals surface area contributed by atoms with Crippen molar-refractivity contribution in [3.63, 3.8) is 0 Å². The van der Waals surface area contributed by atoms with Crippen LogP contribution in [0.5, 0.6) is 0 Å². The second-order valence-corrected chi connectivity index (χ2v) is 10.3. The van der Waals surface area contributed by atoms with Crippen molar-refractivity contribution >= 4 is 21.9 Å². The number of fused-ring (bicyclic) bond motifs is 1. The van der Waals surface area contributed by atoms with Crippen LogP contribution >= 0.6 is 0 Å². The number of carbonyl (C=O) groups is 2. The Bertz CT molecular complexity index is 906. The number of hydrogen-bond donors (Lipinski definition) is 1. The van der Waals surface area contributed by atoms with Crippen LogP contribution in [-0.2, 0) is 32.5 Å². The van der Waals surface area contributed by atoms with E-state index in [1.165, 1.54) is 14.8 Å². The summed E-state index contributed by atoms with van der Waals surface area (Å²) in [5.41, 5.74) is 2.38. The van der Waals surface area contributed by atoms with Crippen molar-refractivity contribution in [2.24, 2.45) is 5.92 Å². The van der Waals surface area contributed by atoms with Gasteiger partial charge in [0.05, 0.1) is 4.90 Å². The van der Waals surface area contributed by atoms with E-state index in [4.69, 9.17) is 0 Å². The van der Waals surface area contributed by atoms with Crippen molar-refractivity contribution in [2.75, 3.05) is 19.6 Å². The second-order valence-electron chi connectivity index (χ2n) is 8.34. The third kappa shape index (κ3) is 3.92. The molecule has 1 N–H and O–H groups in total. The van der Waals surface area contributed by atoms with Gasteiger partial charge in [-0.15, -0.1) is 0 Å². The van der Waals surface area contributed by atoms with E-state index in [-0.39, 0.29) is 11.8 Å². The molecule has 1 atom stereocenters. The number of aliphatic carboxylic acids is 1. The van der Waals surface area contributed by atoms with Gasteiger partial charge in [0, 0.05) is 25.6 Å². The topological polar surface area (TPSA) is 95.0 Å². The molecule has 4 rings (SSSR count). The molecule has 158 valence electrons. The minimum Gasteiger partial charge on any atom is -0.480 e. The van der Waals surface area contributed by atoms with Crippen molar-refractivity contribution in [2.45, 2.75) is 62.3 Å². The fourth-order valence-corrected chi connectivity index (χ4v) is 6.41. The summed E-state index contributed by atoms with van der Waals surface area (Å²) in [6.45, 7) is 1.06. The monoisotopic (exact) mass is 420 g/mol. The Labute approximate surface area is 171 Å². The van der Waals surface area contributed by atoms with Gasteiger partial charge in [-0.1, -0.05) is 6.07 Å². The summed E-state index contributed by atoms with van der Waals surface area (Å²) in [7, 11) is -3.57. The van der Waals surface area contributed by atoms with Crippen LogP contribution in [0.2, 0.25) is 0 Å². The number of aryl methyl sites for hydroxylation is 2. The van der Waals surface area contributed by atoms with Gasteiger partial charge in [0.2, 0.25) is 15.9 Å². The Morgan fingerprint density at radius 3 is 2.31 bits per heavy atom. The SMILES string of the molecule is O=C(O)C1CCCN1C(=O)C1CCN(S(=O)(=O)c2ccc3c(c2)CCCC3)CC1. The summed E-state index contributed by atoms with van der Waals surface area (Å²) in [6.07, 6.45) is 6.25. The van der Waals surface area contributed by atoms with Crippen molar-refractivity contribution in [3.05, 3.63) is 29.3 Å². The highest BCUT2D eigenvalue weighted by Crippen LogP contribution is 2.30. The molecular weight excluding hydrogens is 392 g/mol. The molecule has 1 aromatic carbocycles. The average Bonchev–Trinajstić information content (AvgIpc) is 3.23. The van der Waals surface area contributed by atoms with E-state index in [1.54, 1.807) is 6.07 Å². The van der Waals surface area contributed by atoms with Gasteiger partial charge in [-0.3, -0.25) is 4.79 Å². The number of carboxylic acids is 1. The summed E-state index contributed by atoms with van der Waals surface area (Å²) >= 11 is 0. The zero-order valence-corrected chi connectivity index (χ0v) is 17.4. The van der Waals surface area contributed by atoms with Crippen molar-refractivity contribution < 1.29 is 23.1 Å². The fourth-order valence-electron chi connectivity index (χ4n) is 4.88. The molecule has 7 nitrogen and oxygen atoms in total. The molecule has 2 aliphatic heterocycles. The standard InChI is InChI=1S/C21H28N2O5S/c24-20(23-11-3-6-19(23)21(25)26)16-9-12-22(13-10-16)29(27,28)18-8-7-15-4-1-2-5-17(15)14-18/h7-8,14,16,19H,1-6,9-13H2,(H,25,26). The molecular formula is C21H28N2O5S. The van der Waals surface area contributed by atoms with Crippen LogP contribution in [0.15, 0.2) is 23.1 Å². The molecule has 0 saturated carbocycles. The quantitative estimate of drug-likeness (QED) is 0.804. The molecule has 1 aromatic rings. The van der Waals surface area contributed by atoms with E-state index < -0.39 is 22.0 Å². The molecule has 0 aromatic heterocycles. The molecule has 0 spiro atoms. The highest BCUT2D eigenvalue weighted by molar-refractivity contribution is 7.89. The maximum atomic E-state index is 13.1. The third-order valence-corrected chi connectivity index (χ3v) is 8.48. The molecule has 0 radical (unpaired) electrons. The van der Waals surface area contributed by atoms with Gasteiger partial charge in [-0.05, 0) is 74.6 Å². The molecule has 29 heavy (non-hydrogen) atoms. The molecule has 2 fully saturated rings. The second kappa shape index (κ2) is 8.07. The van der Waals surface area contributed by atoms with Crippen molar-refractivity contribution in [1.29, 1.82) is 0 Å². The van der Waals surface area contributed by atoms with Gasteiger partial charge in [-0.2, -0.15) is 4.31 Å². The van der Waals surface area contributed by atoms with Crippen LogP contribution in [0.1, 0.15) is 49.7 Å². The molecule has 1 aliphatic carbocycles. The lowest BCUT2D eigenvalue weighted by Gasteiger charge is -2.33. The van der Waals surface area contributed by atoms with Crippen molar-refractivity contribution in [3.8, 4) is 0 Å². The van der Waals surface area contributed by atoms with E-state index in [0.29, 0.717) is 50.2 Å². The van der Waals surface area contributed by atoms with Crippen LogP contribution in [0.25, 0.3) is 0 Å². The third-order valence-electron chi connectivity index (χ3n) is 6.58. The predicted molar refractivity (Wildman–Crippen MR) is 107 cm³/mol. The van der Waals surface area contributed by atoms with Crippen molar-refractivity contribution in [1.82, 2.24) is 9.21 Å². The Kier molecular flexibility index (Phi) is 5.66. The summed E-state index contributed by atoms with van der Waals surface area (Å²) in [5.74, 6) is -1.39. The van der Waals surface area contributed by atoms with Crippen LogP contribution in [0.3, 0.4) is 0 Å². The lowest BCUT2D eigenvalue weighted by Crippen LogP contribution is -2.47. The number of benzene rings is 1. The van der Waals surface area contributed by atoms with E-state index in [1.807, 2.05) is 12.1 Å². The first-order valence-electron chi connectivity index (χ1n) is 10.5. The van der Waals surface area contributed by atoms with Crippen LogP contribution in [0, 0.1) is 5.92 Å². The first-order chi connectivity index (χ1) is 13.9. The number of amides is 1. The number of hydrogen-bond acceptors (Lipinski definition) is 4. The Hall–Kier alpha value is -1.93. The van der Waals surface area contributed by atoms with Gasteiger partial charge in [-0.25, -0.2) is 13.2 Å². The first kappa shape index (κ1) is 20.3. The zero-order chi connectivity index (χ0) is 20.6. The number of carboxylic acid groups (broad SMARTS) is 1. The van der Waals surface area contributed by atoms with Crippen LogP contribution < -0.4 is 0 Å². The Morgan fingerprint density at radius 1 is 0.931 bits per heavy atom. The number of rotatable bonds is 4. The normalized spacial score (nSPS) is 23.7. The first-order valence-corrected chi connectivity index (χ1v) is 12.0. The zero-order valence-electron chi connectivity index (χ0n) is 16.5. The van der Waals surface area contributed by atoms with E-state index in [0.717, 1.165) is 31.2 Å². The predicted octanol–water partition coefficient (Wildman–Crippen LogP) is 2.04. The molecule has 1 amide bonds. The summed E-state index contributed by atoms with van der Waals surface area (Å²) in [6, 6.07) is 4.73. The lowest BCUT2D eigenvalue weighted by molar-refractivity contribution is -0.150. The Balaban J connectivity index is 1.42. The van der Waals surface area contributed by atoms with Crippen LogP contribution in [0.4, 0.5) is 0 Å². The number of piperidine rings is 1. The van der Waals surface area contributed by atoms with Gasteiger partial charge in [0.1, 0.15) is 6.04 Å². The Morgan fingerprint density at radius 2 is 1.62 bits per heavy atom. The minimum atomic E-state index is -3.57. The van der Waals surface area contributed by atoms with Gasteiger partial charge >= 0.3 is 5.97 Å². The van der Waals surface area contributed by atoms with Gasteiger partial charge in [0.25, 0.3) is 0 Å². The smallest absolute Gasteiger partial charge is 0.326 e. The molecule has 0 bridgehead atoms. The molecule has 2 saturated heterocycles. The molecule has 2 heterocycles. The lowest BCUT2D eigenvalue weighted by atomic mass is 9.92. The molecule has 3 aliphatic rings. The number of nitrogens with zero attached hydrogens (tertiary/aromatic N) is 2. The molecule has 8 heteroatoms.